The molecule has 2 aromatic heterocycles. The lowest BCUT2D eigenvalue weighted by Crippen LogP contribution is -2.27. The number of thiophene rings is 1. The minimum Gasteiger partial charge on any atom is -0.465 e. The summed E-state index contributed by atoms with van der Waals surface area (Å²) in [7, 11) is -2.58. The van der Waals surface area contributed by atoms with Gasteiger partial charge in [0.2, 0.25) is 10.0 Å². The molecule has 6 nitrogen and oxygen atoms in total. The average molecular weight is 399 g/mol. The maximum Gasteiger partial charge on any atom is 0.349 e. The molecule has 3 rings (SSSR count). The van der Waals surface area contributed by atoms with Crippen molar-refractivity contribution in [2.24, 2.45) is 0 Å². The molecule has 0 bridgehead atoms. The van der Waals surface area contributed by atoms with Crippen LogP contribution in [0.4, 0.5) is 0 Å². The molecule has 0 radical (unpaired) electrons. The first-order chi connectivity index (χ1) is 11.9. The van der Waals surface area contributed by atoms with E-state index in [2.05, 4.69) is 14.4 Å². The molecule has 25 heavy (non-hydrogen) atoms. The van der Waals surface area contributed by atoms with Crippen LogP contribution in [0.5, 0.6) is 0 Å². The Kier molecular flexibility index (Phi) is 5.14. The summed E-state index contributed by atoms with van der Waals surface area (Å²) in [6, 6.07) is 6.90. The third-order valence-electron chi connectivity index (χ3n) is 3.71. The van der Waals surface area contributed by atoms with Crippen molar-refractivity contribution >= 4 is 49.8 Å². The zero-order valence-electron chi connectivity index (χ0n) is 13.2. The number of esters is 1. The topological polar surface area (TPSA) is 88.3 Å². The molecular weight excluding hydrogens is 384 g/mol. The maximum atomic E-state index is 12.4. The van der Waals surface area contributed by atoms with Crippen molar-refractivity contribution in [3.8, 4) is 0 Å². The van der Waals surface area contributed by atoms with Crippen LogP contribution in [0.15, 0.2) is 40.7 Å². The Balaban J connectivity index is 1.73. The van der Waals surface area contributed by atoms with E-state index in [9.17, 15) is 13.2 Å². The fraction of sp³-hybridized carbons (Fsp3) is 0.188. The number of rotatable bonds is 6. The van der Waals surface area contributed by atoms with Gasteiger partial charge >= 0.3 is 5.97 Å². The number of hydrogen-bond acceptors (Lipinski definition) is 5. The van der Waals surface area contributed by atoms with Crippen LogP contribution in [0.2, 0.25) is 5.02 Å². The first-order valence-electron chi connectivity index (χ1n) is 7.33. The molecule has 0 fully saturated rings. The molecule has 0 aliphatic rings. The lowest BCUT2D eigenvalue weighted by atomic mass is 10.1. The number of carbonyl (C=O) groups excluding carboxylic acids is 1. The number of aromatic nitrogens is 1. The Morgan fingerprint density at radius 3 is 2.92 bits per heavy atom. The molecule has 0 saturated carbocycles. The molecule has 0 saturated heterocycles. The fourth-order valence-electron chi connectivity index (χ4n) is 2.51. The first-order valence-corrected chi connectivity index (χ1v) is 10.1. The van der Waals surface area contributed by atoms with Crippen LogP contribution >= 0.6 is 22.9 Å². The van der Waals surface area contributed by atoms with Gasteiger partial charge in [-0.3, -0.25) is 0 Å². The van der Waals surface area contributed by atoms with Gasteiger partial charge in [-0.2, -0.15) is 0 Å². The predicted octanol–water partition coefficient (Wildman–Crippen LogP) is 3.19. The minimum absolute atomic E-state index is 0.0636. The van der Waals surface area contributed by atoms with Gasteiger partial charge in [-0.05, 0) is 41.6 Å². The number of aromatic amines is 1. The van der Waals surface area contributed by atoms with Crippen LogP contribution in [0, 0.1) is 0 Å². The van der Waals surface area contributed by atoms with Gasteiger partial charge < -0.3 is 9.72 Å². The minimum atomic E-state index is -3.79. The van der Waals surface area contributed by atoms with Gasteiger partial charge in [0.15, 0.2) is 0 Å². The number of hydrogen-bond donors (Lipinski definition) is 2. The molecule has 132 valence electrons. The van der Waals surface area contributed by atoms with Gasteiger partial charge in [-0.25, -0.2) is 17.9 Å². The Bertz CT molecular complexity index is 1020. The molecule has 3 aromatic rings. The monoisotopic (exact) mass is 398 g/mol. The molecule has 2 N–H and O–H groups in total. The van der Waals surface area contributed by atoms with Gasteiger partial charge in [0.1, 0.15) is 9.77 Å². The third-order valence-corrected chi connectivity index (χ3v) is 6.47. The van der Waals surface area contributed by atoms with Crippen molar-refractivity contribution in [3.05, 3.63) is 51.3 Å². The molecular formula is C16H15ClN2O4S2. The summed E-state index contributed by atoms with van der Waals surface area (Å²) < 4.78 is 32.0. The third kappa shape index (κ3) is 3.72. The van der Waals surface area contributed by atoms with Gasteiger partial charge in [0.05, 0.1) is 7.11 Å². The lowest BCUT2D eigenvalue weighted by Gasteiger charge is -2.07. The highest BCUT2D eigenvalue weighted by Crippen LogP contribution is 2.24. The first kappa shape index (κ1) is 17.9. The van der Waals surface area contributed by atoms with E-state index in [4.69, 9.17) is 11.6 Å². The fourth-order valence-corrected chi connectivity index (χ4v) is 5.04. The van der Waals surface area contributed by atoms with Crippen LogP contribution in [-0.2, 0) is 21.2 Å². The number of methoxy groups -OCH3 is 1. The van der Waals surface area contributed by atoms with Gasteiger partial charge in [-0.1, -0.05) is 11.6 Å². The SMILES string of the molecule is COC(=O)c1sccc1S(=O)(=O)NCCc1c[nH]c2ccc(Cl)cc12. The second-order valence-corrected chi connectivity index (χ2v) is 8.35. The highest BCUT2D eigenvalue weighted by Gasteiger charge is 2.24. The highest BCUT2D eigenvalue weighted by molar-refractivity contribution is 7.89. The van der Waals surface area contributed by atoms with Crippen LogP contribution in [0.25, 0.3) is 10.9 Å². The quantitative estimate of drug-likeness (QED) is 0.624. The summed E-state index contributed by atoms with van der Waals surface area (Å²) >= 11 is 7.04. The summed E-state index contributed by atoms with van der Waals surface area (Å²) in [4.78, 5) is 14.8. The van der Waals surface area contributed by atoms with Gasteiger partial charge in [0, 0.05) is 28.7 Å². The molecule has 0 aliphatic heterocycles. The number of fused-ring (bicyclic) bond motifs is 1. The zero-order chi connectivity index (χ0) is 18.0. The van der Waals surface area contributed by atoms with Crippen LogP contribution < -0.4 is 4.72 Å². The van der Waals surface area contributed by atoms with Crippen molar-refractivity contribution in [2.45, 2.75) is 11.3 Å². The van der Waals surface area contributed by atoms with E-state index < -0.39 is 16.0 Å². The van der Waals surface area contributed by atoms with E-state index in [1.165, 1.54) is 13.2 Å². The van der Waals surface area contributed by atoms with Crippen LogP contribution in [0.1, 0.15) is 15.2 Å². The number of nitrogens with one attached hydrogen (secondary N) is 2. The molecule has 0 unspecified atom stereocenters. The van der Waals surface area contributed by atoms with Crippen molar-refractivity contribution in [3.63, 3.8) is 0 Å². The number of halogens is 1. The number of benzene rings is 1. The molecule has 9 heteroatoms. The summed E-state index contributed by atoms with van der Waals surface area (Å²) in [5, 5.41) is 3.12. The Hall–Kier alpha value is -1.87. The highest BCUT2D eigenvalue weighted by atomic mass is 35.5. The summed E-state index contributed by atoms with van der Waals surface area (Å²) in [5.41, 5.74) is 1.90. The van der Waals surface area contributed by atoms with E-state index in [1.807, 2.05) is 18.3 Å². The van der Waals surface area contributed by atoms with Crippen molar-refractivity contribution in [2.75, 3.05) is 13.7 Å². The number of ether oxygens (including phenoxy) is 1. The molecule has 1 aromatic carbocycles. The number of H-pyrrole nitrogens is 1. The molecule has 2 heterocycles. The van der Waals surface area contributed by atoms with Gasteiger partial charge in [0.25, 0.3) is 0 Å². The van der Waals surface area contributed by atoms with E-state index in [0.29, 0.717) is 11.4 Å². The smallest absolute Gasteiger partial charge is 0.349 e. The Morgan fingerprint density at radius 2 is 2.16 bits per heavy atom. The summed E-state index contributed by atoms with van der Waals surface area (Å²) in [5.74, 6) is -0.665. The van der Waals surface area contributed by atoms with Crippen molar-refractivity contribution in [1.82, 2.24) is 9.71 Å². The molecule has 0 amide bonds. The van der Waals surface area contributed by atoms with Crippen molar-refractivity contribution < 1.29 is 17.9 Å². The molecule has 0 spiro atoms. The lowest BCUT2D eigenvalue weighted by molar-refractivity contribution is 0.0602. The average Bonchev–Trinajstić information content (AvgIpc) is 3.22. The number of carbonyl (C=O) groups is 1. The van der Waals surface area contributed by atoms with E-state index in [1.54, 1.807) is 11.4 Å². The zero-order valence-corrected chi connectivity index (χ0v) is 15.6. The van der Waals surface area contributed by atoms with E-state index in [-0.39, 0.29) is 16.3 Å². The largest absolute Gasteiger partial charge is 0.465 e. The standard InChI is InChI=1S/C16H15ClN2O4S2/c1-23-16(20)15-14(5-7-24-15)25(21,22)19-6-4-10-9-18-13-3-2-11(17)8-12(10)13/h2-3,5,7-9,18-19H,4,6H2,1H3. The molecule has 0 aliphatic carbocycles. The maximum absolute atomic E-state index is 12.4. The van der Waals surface area contributed by atoms with E-state index in [0.717, 1.165) is 27.8 Å². The Morgan fingerprint density at radius 1 is 1.36 bits per heavy atom. The Labute approximate surface area is 153 Å². The van der Waals surface area contributed by atoms with Crippen LogP contribution in [0.3, 0.4) is 0 Å². The number of sulfonamides is 1. The summed E-state index contributed by atoms with van der Waals surface area (Å²) in [6.07, 6.45) is 2.32. The van der Waals surface area contributed by atoms with E-state index >= 15 is 0 Å². The normalized spacial score (nSPS) is 11.8. The molecule has 0 atom stereocenters. The second-order valence-electron chi connectivity index (χ2n) is 5.26. The predicted molar refractivity (Wildman–Crippen MR) is 97.9 cm³/mol. The van der Waals surface area contributed by atoms with Crippen molar-refractivity contribution in [1.29, 1.82) is 0 Å². The summed E-state index contributed by atoms with van der Waals surface area (Å²) in [6.45, 7) is 0.193. The second kappa shape index (κ2) is 7.17. The van der Waals surface area contributed by atoms with Crippen LogP contribution in [-0.4, -0.2) is 33.0 Å². The van der Waals surface area contributed by atoms with Gasteiger partial charge in [-0.15, -0.1) is 11.3 Å².